The van der Waals surface area contributed by atoms with Gasteiger partial charge in [-0.2, -0.15) is 13.8 Å². The minimum absolute atomic E-state index is 0.0115. The van der Waals surface area contributed by atoms with Crippen molar-refractivity contribution in [3.05, 3.63) is 60.2 Å². The van der Waals surface area contributed by atoms with Crippen molar-refractivity contribution in [1.29, 1.82) is 0 Å². The maximum Gasteiger partial charge on any atom is 0.251 e. The number of imidazole rings is 1. The van der Waals surface area contributed by atoms with Gasteiger partial charge in [0.1, 0.15) is 11.6 Å². The Morgan fingerprint density at radius 2 is 1.78 bits per heavy atom. The summed E-state index contributed by atoms with van der Waals surface area (Å²) < 4.78 is 30.2. The lowest BCUT2D eigenvalue weighted by Gasteiger charge is -2.48. The second kappa shape index (κ2) is 12.7. The van der Waals surface area contributed by atoms with Crippen LogP contribution in [0.2, 0.25) is 0 Å². The lowest BCUT2D eigenvalue weighted by molar-refractivity contribution is -0.142. The van der Waals surface area contributed by atoms with E-state index in [2.05, 4.69) is 20.2 Å². The summed E-state index contributed by atoms with van der Waals surface area (Å²) in [5, 5.41) is 13.0. The Labute approximate surface area is 289 Å². The minimum atomic E-state index is -1.08. The number of aryl methyl sites for hydroxylation is 1. The molecule has 50 heavy (non-hydrogen) atoms. The molecule has 3 aliphatic heterocycles. The molecule has 1 aromatic carbocycles. The number of pyridine rings is 2. The van der Waals surface area contributed by atoms with E-state index in [1.54, 1.807) is 11.2 Å². The molecule has 3 aromatic heterocycles. The van der Waals surface area contributed by atoms with Crippen molar-refractivity contribution in [2.24, 2.45) is 0 Å². The molecule has 2 saturated heterocycles. The molecule has 8 rings (SSSR count). The number of carbonyl (C=O) groups is 2. The fourth-order valence-corrected chi connectivity index (χ4v) is 8.52. The topological polar surface area (TPSA) is 120 Å². The van der Waals surface area contributed by atoms with E-state index in [-0.39, 0.29) is 23.5 Å². The number of hydrogen-bond donors (Lipinski definition) is 2. The molecule has 11 nitrogen and oxygen atoms in total. The fourth-order valence-electron chi connectivity index (χ4n) is 8.52. The van der Waals surface area contributed by atoms with E-state index in [9.17, 15) is 23.5 Å². The van der Waals surface area contributed by atoms with E-state index in [1.165, 1.54) is 32.3 Å². The van der Waals surface area contributed by atoms with Crippen LogP contribution in [0, 0.1) is 11.9 Å². The number of piperidine rings is 2. The second-order valence-electron chi connectivity index (χ2n) is 14.2. The number of fused-ring (bicyclic) bond motifs is 3. The molecule has 13 heteroatoms. The zero-order valence-corrected chi connectivity index (χ0v) is 28.4. The van der Waals surface area contributed by atoms with Gasteiger partial charge in [0.05, 0.1) is 28.6 Å². The first kappa shape index (κ1) is 32.7. The van der Waals surface area contributed by atoms with Crippen LogP contribution in [0.5, 0.6) is 0 Å². The molecule has 1 atom stereocenters. The van der Waals surface area contributed by atoms with Crippen LogP contribution in [0.15, 0.2) is 42.7 Å². The largest absolute Gasteiger partial charge is 0.384 e. The molecule has 0 bridgehead atoms. The molecule has 0 radical (unpaired) electrons. The van der Waals surface area contributed by atoms with Gasteiger partial charge in [-0.25, -0.2) is 9.97 Å². The average molecular weight is 685 g/mol. The number of carbonyl (C=O) groups excluding carboxylic acids is 2. The first-order valence-corrected chi connectivity index (χ1v) is 17.8. The van der Waals surface area contributed by atoms with Crippen molar-refractivity contribution >= 4 is 40.0 Å². The predicted octanol–water partition coefficient (Wildman–Crippen LogP) is 5.14. The number of nitrogens with one attached hydrogen (secondary N) is 1. The molecule has 2 N–H and O–H groups in total. The predicted molar refractivity (Wildman–Crippen MR) is 185 cm³/mol. The van der Waals surface area contributed by atoms with Gasteiger partial charge in [-0.1, -0.05) is 18.6 Å². The summed E-state index contributed by atoms with van der Waals surface area (Å²) in [6, 6.07) is 10.8. The molecular formula is C37H42F2N8O3. The van der Waals surface area contributed by atoms with Crippen LogP contribution < -0.4 is 10.2 Å². The fraction of sp³-hybridized carbons (Fsp3) is 0.486. The number of rotatable bonds is 7. The Morgan fingerprint density at radius 1 is 1.02 bits per heavy atom. The van der Waals surface area contributed by atoms with Crippen molar-refractivity contribution in [3.8, 4) is 11.3 Å². The highest BCUT2D eigenvalue weighted by Crippen LogP contribution is 2.52. The molecule has 3 fully saturated rings. The maximum atomic E-state index is 14.7. The number of amides is 2. The molecule has 6 heterocycles. The summed E-state index contributed by atoms with van der Waals surface area (Å²) in [4.78, 5) is 46.5. The van der Waals surface area contributed by atoms with Crippen molar-refractivity contribution in [2.75, 3.05) is 36.4 Å². The summed E-state index contributed by atoms with van der Waals surface area (Å²) in [5.41, 5.74) is 3.76. The first-order chi connectivity index (χ1) is 24.2. The van der Waals surface area contributed by atoms with E-state index in [4.69, 9.17) is 4.98 Å². The molecule has 2 amide bonds. The third-order valence-corrected chi connectivity index (χ3v) is 11.3. The maximum absolute atomic E-state index is 14.7. The lowest BCUT2D eigenvalue weighted by Crippen LogP contribution is -2.58. The molecule has 262 valence electrons. The third kappa shape index (κ3) is 5.41. The Kier molecular flexibility index (Phi) is 8.29. The second-order valence-corrected chi connectivity index (χ2v) is 14.2. The third-order valence-electron chi connectivity index (χ3n) is 11.3. The van der Waals surface area contributed by atoms with Crippen LogP contribution in [0.4, 0.5) is 26.0 Å². The highest BCUT2D eigenvalue weighted by atomic mass is 19.1. The summed E-state index contributed by atoms with van der Waals surface area (Å²) in [7, 11) is 0. The molecule has 4 aliphatic rings. The Bertz CT molecular complexity index is 1960. The van der Waals surface area contributed by atoms with E-state index in [0.29, 0.717) is 61.1 Å². The average Bonchev–Trinajstić information content (AvgIpc) is 3.62. The zero-order chi connectivity index (χ0) is 34.7. The van der Waals surface area contributed by atoms with E-state index < -0.39 is 23.4 Å². The van der Waals surface area contributed by atoms with E-state index in [0.717, 1.165) is 48.8 Å². The van der Waals surface area contributed by atoms with Crippen LogP contribution in [0.3, 0.4) is 0 Å². The van der Waals surface area contributed by atoms with Crippen LogP contribution in [0.25, 0.3) is 22.3 Å². The van der Waals surface area contributed by atoms with Gasteiger partial charge in [0.2, 0.25) is 17.8 Å². The van der Waals surface area contributed by atoms with Gasteiger partial charge in [-0.05, 0) is 95.3 Å². The highest BCUT2D eigenvalue weighted by molar-refractivity contribution is 6.09. The van der Waals surface area contributed by atoms with Gasteiger partial charge in [0.15, 0.2) is 5.82 Å². The number of aliphatic hydroxyl groups excluding tert-OH is 1. The summed E-state index contributed by atoms with van der Waals surface area (Å²) in [6.07, 6.45) is 7.14. The zero-order valence-electron chi connectivity index (χ0n) is 28.4. The number of benzene rings is 1. The van der Waals surface area contributed by atoms with E-state index >= 15 is 0 Å². The van der Waals surface area contributed by atoms with Gasteiger partial charge < -0.3 is 29.7 Å². The van der Waals surface area contributed by atoms with Crippen LogP contribution >= 0.6 is 0 Å². The summed E-state index contributed by atoms with van der Waals surface area (Å²) in [5.74, 6) is -1.76. The highest BCUT2D eigenvalue weighted by Gasteiger charge is 2.56. The van der Waals surface area contributed by atoms with Crippen LogP contribution in [-0.4, -0.2) is 90.6 Å². The molecule has 1 spiro atoms. The summed E-state index contributed by atoms with van der Waals surface area (Å²) >= 11 is 0. The van der Waals surface area contributed by atoms with Crippen molar-refractivity contribution < 1.29 is 23.5 Å². The van der Waals surface area contributed by atoms with E-state index in [1.807, 2.05) is 40.7 Å². The van der Waals surface area contributed by atoms with Crippen molar-refractivity contribution in [3.63, 3.8) is 0 Å². The van der Waals surface area contributed by atoms with Gasteiger partial charge >= 0.3 is 0 Å². The molecule has 1 aliphatic carbocycles. The number of anilines is 3. The van der Waals surface area contributed by atoms with Crippen molar-refractivity contribution in [1.82, 2.24) is 29.3 Å². The quantitative estimate of drug-likeness (QED) is 0.257. The standard InChI is InChI=1S/C37H42F2N8O3/c1-3-44-21-40-29-20-28(42-34(32(29)44)41-27-9-10-31(38)43-33(27)39)23-7-8-26-30(17-23)47(25-18-24(19-25)45-13-5-4-6-14-45)36(50)37(26)11-15-46(16-12-37)35(49)22(2)48/h7-10,17,20-22,24-25,48H,3-6,11-16,18-19H2,1-2H3,(H,41,42)/t22-,24?,25?/m1/s1. The summed E-state index contributed by atoms with van der Waals surface area (Å²) in [6.45, 7) is 7.07. The SMILES string of the molecule is CCn1cnc2cc(-c3ccc4c(c3)N(C3CC(N5CCCCC5)C3)C(=O)C43CCN(C(=O)[C@@H](C)O)CC3)nc(Nc3ccc(F)nc3F)c21. The number of nitrogens with zero attached hydrogens (tertiary/aromatic N) is 7. The Hall–Kier alpha value is -4.49. The van der Waals surface area contributed by atoms with Gasteiger partial charge in [0.25, 0.3) is 5.91 Å². The Morgan fingerprint density at radius 3 is 2.48 bits per heavy atom. The number of halogens is 2. The molecular weight excluding hydrogens is 642 g/mol. The van der Waals surface area contributed by atoms with Gasteiger partial charge in [0, 0.05) is 43.0 Å². The number of aromatic nitrogens is 4. The normalized spacial score (nSPS) is 22.5. The number of aliphatic hydroxyl groups is 1. The van der Waals surface area contributed by atoms with Crippen LogP contribution in [-0.2, 0) is 21.5 Å². The molecule has 4 aromatic rings. The number of hydrogen-bond acceptors (Lipinski definition) is 8. The lowest BCUT2D eigenvalue weighted by atomic mass is 9.73. The van der Waals surface area contributed by atoms with Gasteiger partial charge in [-0.3, -0.25) is 9.59 Å². The van der Waals surface area contributed by atoms with Crippen LogP contribution in [0.1, 0.15) is 64.4 Å². The monoisotopic (exact) mass is 684 g/mol. The molecule has 0 unspecified atom stereocenters. The van der Waals surface area contributed by atoms with Crippen molar-refractivity contribution in [2.45, 2.75) is 88.9 Å². The van der Waals surface area contributed by atoms with Gasteiger partial charge in [-0.15, -0.1) is 0 Å². The molecule has 1 saturated carbocycles. The smallest absolute Gasteiger partial charge is 0.251 e. The number of likely N-dealkylation sites (tertiary alicyclic amines) is 2. The minimum Gasteiger partial charge on any atom is -0.384 e. The first-order valence-electron chi connectivity index (χ1n) is 17.8. The Balaban J connectivity index is 1.17.